The normalized spacial score (nSPS) is 38.4. The van der Waals surface area contributed by atoms with Crippen LogP contribution in [0.4, 0.5) is 0 Å². The second kappa shape index (κ2) is 5.31. The van der Waals surface area contributed by atoms with E-state index in [9.17, 15) is 0 Å². The van der Waals surface area contributed by atoms with Gasteiger partial charge in [0.25, 0.3) is 0 Å². The van der Waals surface area contributed by atoms with Gasteiger partial charge in [0.1, 0.15) is 0 Å². The average Bonchev–Trinajstić information content (AvgIpc) is 2.66. The van der Waals surface area contributed by atoms with Crippen LogP contribution in [0.25, 0.3) is 0 Å². The molecule has 2 fully saturated rings. The molecule has 0 aromatic heterocycles. The number of nitrogens with one attached hydrogen (secondary N) is 1. The molecule has 3 unspecified atom stereocenters. The Morgan fingerprint density at radius 2 is 1.93 bits per heavy atom. The van der Waals surface area contributed by atoms with Crippen LogP contribution in [0.2, 0.25) is 0 Å². The minimum Gasteiger partial charge on any atom is -0.313 e. The lowest BCUT2D eigenvalue weighted by Crippen LogP contribution is -2.52. The summed E-state index contributed by atoms with van der Waals surface area (Å²) in [6.45, 7) is 7.11. The van der Waals surface area contributed by atoms with Crippen molar-refractivity contribution in [3.05, 3.63) is 0 Å². The maximum atomic E-state index is 3.69. The molecule has 1 saturated heterocycles. The van der Waals surface area contributed by atoms with Gasteiger partial charge in [-0.05, 0) is 45.7 Å². The third-order valence-corrected chi connectivity index (χ3v) is 4.23. The first kappa shape index (κ1) is 11.4. The fourth-order valence-electron chi connectivity index (χ4n) is 3.46. The Labute approximate surface area is 94.4 Å². The standard InChI is InChI=1S/C13H26N2/c1-3-14-12-8-4-5-9-13(12)15-10-6-7-11(15)2/h11-14H,3-10H2,1-2H3. The molecule has 2 aliphatic rings. The average molecular weight is 210 g/mol. The van der Waals surface area contributed by atoms with E-state index in [1.54, 1.807) is 0 Å². The lowest BCUT2D eigenvalue weighted by Gasteiger charge is -2.40. The fraction of sp³-hybridized carbons (Fsp3) is 1.00. The summed E-state index contributed by atoms with van der Waals surface area (Å²) in [6, 6.07) is 2.43. The molecule has 2 nitrogen and oxygen atoms in total. The summed E-state index contributed by atoms with van der Waals surface area (Å²) in [6.07, 6.45) is 8.50. The summed E-state index contributed by atoms with van der Waals surface area (Å²) >= 11 is 0. The van der Waals surface area contributed by atoms with Crippen molar-refractivity contribution in [1.29, 1.82) is 0 Å². The molecule has 2 heteroatoms. The predicted octanol–water partition coefficient (Wildman–Crippen LogP) is 2.39. The van der Waals surface area contributed by atoms with E-state index in [0.717, 1.165) is 24.7 Å². The molecule has 88 valence electrons. The van der Waals surface area contributed by atoms with E-state index in [2.05, 4.69) is 24.1 Å². The van der Waals surface area contributed by atoms with Crippen molar-refractivity contribution in [3.8, 4) is 0 Å². The molecule has 0 aromatic carbocycles. The van der Waals surface area contributed by atoms with Gasteiger partial charge in [-0.1, -0.05) is 19.8 Å². The molecule has 2 rings (SSSR count). The minimum absolute atomic E-state index is 0.768. The lowest BCUT2D eigenvalue weighted by atomic mass is 9.88. The Morgan fingerprint density at radius 3 is 2.60 bits per heavy atom. The van der Waals surface area contributed by atoms with E-state index in [1.807, 2.05) is 0 Å². The lowest BCUT2D eigenvalue weighted by molar-refractivity contribution is 0.117. The number of nitrogens with zero attached hydrogens (tertiary/aromatic N) is 1. The SMILES string of the molecule is CCNC1CCCCC1N1CCCC1C. The molecule has 0 spiro atoms. The first-order valence-corrected chi connectivity index (χ1v) is 6.82. The quantitative estimate of drug-likeness (QED) is 0.769. The van der Waals surface area contributed by atoms with Gasteiger partial charge in [0.05, 0.1) is 0 Å². The number of likely N-dealkylation sites (tertiary alicyclic amines) is 1. The highest BCUT2D eigenvalue weighted by atomic mass is 15.2. The van der Waals surface area contributed by atoms with E-state index >= 15 is 0 Å². The smallest absolute Gasteiger partial charge is 0.0252 e. The van der Waals surface area contributed by atoms with E-state index in [0.29, 0.717) is 0 Å². The summed E-state index contributed by atoms with van der Waals surface area (Å²) < 4.78 is 0. The summed E-state index contributed by atoms with van der Waals surface area (Å²) in [5, 5.41) is 3.69. The van der Waals surface area contributed by atoms with Gasteiger partial charge in [0, 0.05) is 18.1 Å². The molecular weight excluding hydrogens is 184 g/mol. The van der Waals surface area contributed by atoms with Crippen molar-refractivity contribution in [3.63, 3.8) is 0 Å². The third kappa shape index (κ3) is 2.54. The van der Waals surface area contributed by atoms with Gasteiger partial charge in [0.2, 0.25) is 0 Å². The van der Waals surface area contributed by atoms with E-state index < -0.39 is 0 Å². The van der Waals surface area contributed by atoms with Crippen molar-refractivity contribution in [2.45, 2.75) is 70.5 Å². The van der Waals surface area contributed by atoms with Crippen molar-refractivity contribution < 1.29 is 0 Å². The van der Waals surface area contributed by atoms with Gasteiger partial charge in [-0.3, -0.25) is 4.90 Å². The molecular formula is C13H26N2. The van der Waals surface area contributed by atoms with Crippen LogP contribution in [0, 0.1) is 0 Å². The number of hydrogen-bond donors (Lipinski definition) is 1. The molecule has 0 radical (unpaired) electrons. The molecule has 3 atom stereocenters. The van der Waals surface area contributed by atoms with Gasteiger partial charge < -0.3 is 5.32 Å². The van der Waals surface area contributed by atoms with Crippen LogP contribution in [0.1, 0.15) is 52.4 Å². The van der Waals surface area contributed by atoms with Crippen LogP contribution < -0.4 is 5.32 Å². The largest absolute Gasteiger partial charge is 0.313 e. The van der Waals surface area contributed by atoms with Crippen LogP contribution >= 0.6 is 0 Å². The number of rotatable bonds is 3. The van der Waals surface area contributed by atoms with Crippen LogP contribution in [-0.2, 0) is 0 Å². The summed E-state index contributed by atoms with van der Waals surface area (Å²) in [5.41, 5.74) is 0. The molecule has 0 amide bonds. The summed E-state index contributed by atoms with van der Waals surface area (Å²) in [4.78, 5) is 2.77. The van der Waals surface area contributed by atoms with Crippen LogP contribution in [0.3, 0.4) is 0 Å². The molecule has 1 aliphatic heterocycles. The Hall–Kier alpha value is -0.0800. The monoisotopic (exact) mass is 210 g/mol. The van der Waals surface area contributed by atoms with Gasteiger partial charge >= 0.3 is 0 Å². The molecule has 1 aliphatic carbocycles. The Balaban J connectivity index is 1.97. The predicted molar refractivity (Wildman–Crippen MR) is 65.1 cm³/mol. The van der Waals surface area contributed by atoms with Crippen molar-refractivity contribution >= 4 is 0 Å². The molecule has 1 N–H and O–H groups in total. The van der Waals surface area contributed by atoms with Crippen molar-refractivity contribution in [2.24, 2.45) is 0 Å². The van der Waals surface area contributed by atoms with Gasteiger partial charge in [0.15, 0.2) is 0 Å². The fourth-order valence-corrected chi connectivity index (χ4v) is 3.46. The number of hydrogen-bond acceptors (Lipinski definition) is 2. The van der Waals surface area contributed by atoms with Crippen LogP contribution in [-0.4, -0.2) is 36.1 Å². The zero-order chi connectivity index (χ0) is 10.7. The van der Waals surface area contributed by atoms with Gasteiger partial charge in [-0.15, -0.1) is 0 Å². The Kier molecular flexibility index (Phi) is 4.04. The highest BCUT2D eigenvalue weighted by molar-refractivity contribution is 4.92. The van der Waals surface area contributed by atoms with Crippen LogP contribution in [0.15, 0.2) is 0 Å². The Bertz CT molecular complexity index is 191. The molecule has 1 heterocycles. The molecule has 15 heavy (non-hydrogen) atoms. The highest BCUT2D eigenvalue weighted by Crippen LogP contribution is 2.29. The van der Waals surface area contributed by atoms with Gasteiger partial charge in [-0.2, -0.15) is 0 Å². The maximum absolute atomic E-state index is 3.69. The second-order valence-electron chi connectivity index (χ2n) is 5.25. The topological polar surface area (TPSA) is 15.3 Å². The summed E-state index contributed by atoms with van der Waals surface area (Å²) in [5.74, 6) is 0. The van der Waals surface area contributed by atoms with Crippen molar-refractivity contribution in [2.75, 3.05) is 13.1 Å². The van der Waals surface area contributed by atoms with E-state index in [-0.39, 0.29) is 0 Å². The summed E-state index contributed by atoms with van der Waals surface area (Å²) in [7, 11) is 0. The molecule has 1 saturated carbocycles. The second-order valence-corrected chi connectivity index (χ2v) is 5.25. The van der Waals surface area contributed by atoms with Crippen LogP contribution in [0.5, 0.6) is 0 Å². The zero-order valence-electron chi connectivity index (χ0n) is 10.3. The third-order valence-electron chi connectivity index (χ3n) is 4.23. The maximum Gasteiger partial charge on any atom is 0.0252 e. The van der Waals surface area contributed by atoms with Crippen molar-refractivity contribution in [1.82, 2.24) is 10.2 Å². The minimum atomic E-state index is 0.768. The first-order chi connectivity index (χ1) is 7.33. The van der Waals surface area contributed by atoms with Gasteiger partial charge in [-0.25, -0.2) is 0 Å². The molecule has 0 bridgehead atoms. The zero-order valence-corrected chi connectivity index (χ0v) is 10.3. The first-order valence-electron chi connectivity index (χ1n) is 6.82. The van der Waals surface area contributed by atoms with E-state index in [4.69, 9.17) is 0 Å². The Morgan fingerprint density at radius 1 is 1.13 bits per heavy atom. The van der Waals surface area contributed by atoms with E-state index in [1.165, 1.54) is 45.1 Å². The highest BCUT2D eigenvalue weighted by Gasteiger charge is 2.34. The number of likely N-dealkylation sites (N-methyl/N-ethyl adjacent to an activating group) is 1. The molecule has 0 aromatic rings.